The number of imide groups is 1. The van der Waals surface area contributed by atoms with Gasteiger partial charge in [0.1, 0.15) is 17.7 Å². The van der Waals surface area contributed by atoms with Crippen molar-refractivity contribution in [3.63, 3.8) is 0 Å². The van der Waals surface area contributed by atoms with E-state index in [2.05, 4.69) is 25.4 Å². The van der Waals surface area contributed by atoms with Crippen LogP contribution in [0.15, 0.2) is 12.1 Å². The number of hydrogen-bond donors (Lipinski definition) is 2. The fourth-order valence-electron chi connectivity index (χ4n) is 4.63. The highest BCUT2D eigenvalue weighted by Crippen LogP contribution is 2.33. The lowest BCUT2D eigenvalue weighted by atomic mass is 10.0. The fourth-order valence-corrected chi connectivity index (χ4v) is 4.63. The molecule has 1 unspecified atom stereocenters. The number of nitrogens with one attached hydrogen (secondary N) is 2. The van der Waals surface area contributed by atoms with Gasteiger partial charge in [0.25, 0.3) is 5.91 Å². The lowest BCUT2D eigenvalue weighted by molar-refractivity contribution is -0.136. The number of amides is 3. The first-order chi connectivity index (χ1) is 15.4. The van der Waals surface area contributed by atoms with Crippen LogP contribution >= 0.6 is 0 Å². The maximum Gasteiger partial charge on any atom is 0.255 e. The quantitative estimate of drug-likeness (QED) is 0.658. The van der Waals surface area contributed by atoms with Gasteiger partial charge in [-0.1, -0.05) is 0 Å². The standard InChI is InChI=1S/C21H24FN7O3/c1-12-23-18(26-25-12)11-27-4-6-28(7-5-27)17-8-13-10-29(21(32)14(13)9-15(17)22)16-2-3-19(30)24-20(16)31/h8-9,16H,2-7,10-11H2,1H3,(H,23,25,26)(H,24,30,31). The third kappa shape index (κ3) is 3.72. The number of hydrogen-bond acceptors (Lipinski definition) is 7. The van der Waals surface area contributed by atoms with Crippen LogP contribution in [-0.4, -0.2) is 74.9 Å². The van der Waals surface area contributed by atoms with Crippen LogP contribution in [0.3, 0.4) is 0 Å². The molecule has 168 valence electrons. The third-order valence-corrected chi connectivity index (χ3v) is 6.31. The molecule has 32 heavy (non-hydrogen) atoms. The zero-order chi connectivity index (χ0) is 22.4. The van der Waals surface area contributed by atoms with Crippen LogP contribution < -0.4 is 10.2 Å². The molecular formula is C21H24FN7O3. The van der Waals surface area contributed by atoms with E-state index in [0.717, 1.165) is 24.7 Å². The number of nitrogens with zero attached hydrogens (tertiary/aromatic N) is 5. The molecule has 2 aromatic rings. The molecule has 1 aromatic carbocycles. The summed E-state index contributed by atoms with van der Waals surface area (Å²) in [5, 5.41) is 9.29. The Bertz CT molecular complexity index is 1090. The molecule has 0 saturated carbocycles. The number of H-pyrrole nitrogens is 1. The van der Waals surface area contributed by atoms with Crippen LogP contribution in [0.2, 0.25) is 0 Å². The van der Waals surface area contributed by atoms with E-state index < -0.39 is 17.8 Å². The van der Waals surface area contributed by atoms with Crippen molar-refractivity contribution in [3.8, 4) is 0 Å². The summed E-state index contributed by atoms with van der Waals surface area (Å²) in [6.45, 7) is 5.50. The summed E-state index contributed by atoms with van der Waals surface area (Å²) < 4.78 is 15.0. The topological polar surface area (TPSA) is 115 Å². The van der Waals surface area contributed by atoms with Crippen molar-refractivity contribution in [2.75, 3.05) is 31.1 Å². The molecule has 1 aromatic heterocycles. The number of fused-ring (bicyclic) bond motifs is 1. The number of aromatic nitrogens is 3. The Hall–Kier alpha value is -3.34. The minimum Gasteiger partial charge on any atom is -0.367 e. The molecule has 5 rings (SSSR count). The Morgan fingerprint density at radius 3 is 2.62 bits per heavy atom. The average Bonchev–Trinajstić information content (AvgIpc) is 3.31. The second kappa shape index (κ2) is 7.97. The third-order valence-electron chi connectivity index (χ3n) is 6.31. The van der Waals surface area contributed by atoms with Crippen LogP contribution in [-0.2, 0) is 22.7 Å². The van der Waals surface area contributed by atoms with Crippen LogP contribution in [0.1, 0.15) is 40.4 Å². The molecule has 3 amide bonds. The number of benzene rings is 1. The Labute approximate surface area is 183 Å². The summed E-state index contributed by atoms with van der Waals surface area (Å²) in [7, 11) is 0. The van der Waals surface area contributed by atoms with Crippen molar-refractivity contribution in [1.29, 1.82) is 0 Å². The zero-order valence-corrected chi connectivity index (χ0v) is 17.7. The van der Waals surface area contributed by atoms with E-state index >= 15 is 0 Å². The van der Waals surface area contributed by atoms with E-state index in [1.165, 1.54) is 11.0 Å². The maximum absolute atomic E-state index is 15.0. The summed E-state index contributed by atoms with van der Waals surface area (Å²) in [6, 6.07) is 2.30. The smallest absolute Gasteiger partial charge is 0.255 e. The second-order valence-corrected chi connectivity index (χ2v) is 8.46. The number of piperidine rings is 1. The Kier molecular flexibility index (Phi) is 5.12. The molecule has 2 N–H and O–H groups in total. The maximum atomic E-state index is 15.0. The molecule has 2 fully saturated rings. The number of carbonyl (C=O) groups is 3. The first kappa shape index (κ1) is 20.6. The van der Waals surface area contributed by atoms with Gasteiger partial charge in [0.05, 0.1) is 12.2 Å². The van der Waals surface area contributed by atoms with E-state index in [4.69, 9.17) is 0 Å². The van der Waals surface area contributed by atoms with Crippen LogP contribution in [0, 0.1) is 12.7 Å². The summed E-state index contributed by atoms with van der Waals surface area (Å²) >= 11 is 0. The van der Waals surface area contributed by atoms with Gasteiger partial charge in [-0.3, -0.25) is 29.7 Å². The van der Waals surface area contributed by atoms with E-state index in [1.807, 2.05) is 11.8 Å². The van der Waals surface area contributed by atoms with Gasteiger partial charge in [-0.2, -0.15) is 5.10 Å². The van der Waals surface area contributed by atoms with Crippen molar-refractivity contribution in [2.45, 2.75) is 38.9 Å². The number of rotatable bonds is 4. The van der Waals surface area contributed by atoms with E-state index in [1.54, 1.807) is 6.07 Å². The highest BCUT2D eigenvalue weighted by atomic mass is 19.1. The van der Waals surface area contributed by atoms with Gasteiger partial charge in [-0.25, -0.2) is 9.37 Å². The van der Waals surface area contributed by atoms with Crippen molar-refractivity contribution >= 4 is 23.4 Å². The highest BCUT2D eigenvalue weighted by molar-refractivity contribution is 6.05. The van der Waals surface area contributed by atoms with Crippen molar-refractivity contribution in [3.05, 3.63) is 40.7 Å². The highest BCUT2D eigenvalue weighted by Gasteiger charge is 2.40. The average molecular weight is 441 g/mol. The van der Waals surface area contributed by atoms with Gasteiger partial charge in [-0.05, 0) is 31.0 Å². The van der Waals surface area contributed by atoms with E-state index in [-0.39, 0.29) is 36.8 Å². The van der Waals surface area contributed by atoms with Gasteiger partial charge in [0.15, 0.2) is 5.82 Å². The monoisotopic (exact) mass is 441 g/mol. The van der Waals surface area contributed by atoms with Crippen molar-refractivity contribution < 1.29 is 18.8 Å². The number of piperazine rings is 1. The molecule has 2 saturated heterocycles. The van der Waals surface area contributed by atoms with Gasteiger partial charge in [0.2, 0.25) is 11.8 Å². The Morgan fingerprint density at radius 2 is 1.94 bits per heavy atom. The number of aryl methyl sites for hydroxylation is 1. The Balaban J connectivity index is 1.27. The molecule has 11 heteroatoms. The lowest BCUT2D eigenvalue weighted by Crippen LogP contribution is -2.52. The molecule has 1 atom stereocenters. The first-order valence-corrected chi connectivity index (χ1v) is 10.7. The Morgan fingerprint density at radius 1 is 1.16 bits per heavy atom. The van der Waals surface area contributed by atoms with Gasteiger partial charge in [0, 0.05) is 44.7 Å². The lowest BCUT2D eigenvalue weighted by Gasteiger charge is -2.35. The molecule has 0 bridgehead atoms. The summed E-state index contributed by atoms with van der Waals surface area (Å²) in [5.74, 6) is -0.0970. The summed E-state index contributed by atoms with van der Waals surface area (Å²) in [6.07, 6.45) is 0.472. The van der Waals surface area contributed by atoms with E-state index in [0.29, 0.717) is 30.9 Å². The first-order valence-electron chi connectivity index (χ1n) is 10.7. The van der Waals surface area contributed by atoms with Crippen LogP contribution in [0.5, 0.6) is 0 Å². The largest absolute Gasteiger partial charge is 0.367 e. The van der Waals surface area contributed by atoms with Crippen LogP contribution in [0.25, 0.3) is 0 Å². The predicted molar refractivity (Wildman–Crippen MR) is 111 cm³/mol. The number of anilines is 1. The van der Waals surface area contributed by atoms with Gasteiger partial charge < -0.3 is 9.80 Å². The normalized spacial score (nSPS) is 21.8. The minimum atomic E-state index is -0.707. The van der Waals surface area contributed by atoms with Gasteiger partial charge >= 0.3 is 0 Å². The number of halogens is 1. The molecule has 3 aliphatic heterocycles. The minimum absolute atomic E-state index is 0.188. The molecule has 3 aliphatic rings. The zero-order valence-electron chi connectivity index (χ0n) is 17.7. The summed E-state index contributed by atoms with van der Waals surface area (Å²) in [4.78, 5) is 46.4. The SMILES string of the molecule is Cc1nc(CN2CCN(c3cc4c(cc3F)C(=O)N(C3CCC(=O)NC3=O)C4)CC2)n[nH]1. The summed E-state index contributed by atoms with van der Waals surface area (Å²) in [5.41, 5.74) is 1.46. The van der Waals surface area contributed by atoms with E-state index in [9.17, 15) is 18.8 Å². The van der Waals surface area contributed by atoms with Gasteiger partial charge in [-0.15, -0.1) is 0 Å². The fraction of sp³-hybridized carbons (Fsp3) is 0.476. The van der Waals surface area contributed by atoms with Crippen molar-refractivity contribution in [2.24, 2.45) is 0 Å². The molecule has 0 radical (unpaired) electrons. The molecule has 0 spiro atoms. The van der Waals surface area contributed by atoms with Crippen molar-refractivity contribution in [1.82, 2.24) is 30.3 Å². The molecular weight excluding hydrogens is 417 g/mol. The molecule has 4 heterocycles. The second-order valence-electron chi connectivity index (χ2n) is 8.46. The van der Waals surface area contributed by atoms with Crippen LogP contribution in [0.4, 0.5) is 10.1 Å². The number of carbonyl (C=O) groups excluding carboxylic acids is 3. The molecule has 10 nitrogen and oxygen atoms in total. The number of aromatic amines is 1. The predicted octanol–water partition coefficient (Wildman–Crippen LogP) is 0.335. The molecule has 0 aliphatic carbocycles.